The third kappa shape index (κ3) is 1.45. The minimum Gasteiger partial charge on any atom is -0.322 e. The molecule has 1 fully saturated rings. The summed E-state index contributed by atoms with van der Waals surface area (Å²) >= 11 is 0. The van der Waals surface area contributed by atoms with E-state index in [2.05, 4.69) is 19.3 Å². The number of amides is 2. The van der Waals surface area contributed by atoms with Crippen molar-refractivity contribution in [2.45, 2.75) is 20.3 Å². The molecule has 0 unspecified atom stereocenters. The van der Waals surface area contributed by atoms with Gasteiger partial charge in [-0.2, -0.15) is 0 Å². The van der Waals surface area contributed by atoms with E-state index < -0.39 is 0 Å². The number of rotatable bonds is 1. The molecular weight excluding hydrogens is 142 g/mol. The summed E-state index contributed by atoms with van der Waals surface area (Å²) in [5.41, 5.74) is 2.44. The fraction of sp³-hybridized carbons (Fsp3) is 0.857. The van der Waals surface area contributed by atoms with Crippen LogP contribution >= 0.6 is 0 Å². The van der Waals surface area contributed by atoms with Crippen molar-refractivity contribution in [1.82, 2.24) is 10.3 Å². The van der Waals surface area contributed by atoms with Crippen molar-refractivity contribution in [3.63, 3.8) is 0 Å². The molecule has 1 aliphatic heterocycles. The van der Waals surface area contributed by atoms with E-state index in [1.165, 1.54) is 0 Å². The Balaban J connectivity index is 2.34. The Kier molecular flexibility index (Phi) is 2.04. The number of hydrogen-bond acceptors (Lipinski definition) is 2. The van der Waals surface area contributed by atoms with E-state index in [0.717, 1.165) is 19.5 Å². The van der Waals surface area contributed by atoms with Crippen LogP contribution in [-0.2, 0) is 0 Å². The average molecular weight is 157 g/mol. The van der Waals surface area contributed by atoms with Crippen LogP contribution in [0.2, 0.25) is 0 Å². The molecular formula is C7H15N3O. The first-order valence-electron chi connectivity index (χ1n) is 3.87. The van der Waals surface area contributed by atoms with E-state index in [9.17, 15) is 4.79 Å². The second kappa shape index (κ2) is 2.70. The Hall–Kier alpha value is -0.770. The van der Waals surface area contributed by atoms with Gasteiger partial charge in [-0.15, -0.1) is 0 Å². The van der Waals surface area contributed by atoms with Crippen LogP contribution in [0.3, 0.4) is 0 Å². The van der Waals surface area contributed by atoms with Gasteiger partial charge in [0.25, 0.3) is 0 Å². The Morgan fingerprint density at radius 1 is 1.73 bits per heavy atom. The lowest BCUT2D eigenvalue weighted by Gasteiger charge is -2.47. The summed E-state index contributed by atoms with van der Waals surface area (Å²) in [4.78, 5) is 12.6. The molecule has 3 N–H and O–H groups in total. The molecule has 0 aromatic heterocycles. The van der Waals surface area contributed by atoms with Gasteiger partial charge in [-0.3, -0.25) is 5.43 Å². The quantitative estimate of drug-likeness (QED) is 0.327. The van der Waals surface area contributed by atoms with Crippen molar-refractivity contribution in [3.05, 3.63) is 0 Å². The van der Waals surface area contributed by atoms with Gasteiger partial charge in [0.1, 0.15) is 0 Å². The zero-order valence-corrected chi connectivity index (χ0v) is 7.05. The van der Waals surface area contributed by atoms with Gasteiger partial charge in [0, 0.05) is 18.5 Å². The van der Waals surface area contributed by atoms with Gasteiger partial charge in [0.05, 0.1) is 0 Å². The van der Waals surface area contributed by atoms with Crippen molar-refractivity contribution in [2.24, 2.45) is 11.3 Å². The van der Waals surface area contributed by atoms with Crippen molar-refractivity contribution in [2.75, 3.05) is 13.1 Å². The van der Waals surface area contributed by atoms with Gasteiger partial charge in [-0.25, -0.2) is 10.6 Å². The van der Waals surface area contributed by atoms with Crippen LogP contribution in [0.5, 0.6) is 0 Å². The van der Waals surface area contributed by atoms with Crippen LogP contribution in [0.25, 0.3) is 0 Å². The number of nitrogens with one attached hydrogen (secondary N) is 1. The summed E-state index contributed by atoms with van der Waals surface area (Å²) in [6.45, 7) is 5.96. The maximum atomic E-state index is 10.9. The molecule has 1 rings (SSSR count). The first kappa shape index (κ1) is 8.33. The Labute approximate surface area is 66.7 Å². The normalized spacial score (nSPS) is 20.8. The largest absolute Gasteiger partial charge is 0.331 e. The second-order valence-electron chi connectivity index (χ2n) is 3.47. The fourth-order valence-corrected chi connectivity index (χ4v) is 1.33. The zero-order valence-electron chi connectivity index (χ0n) is 7.05. The molecule has 0 saturated carbocycles. The van der Waals surface area contributed by atoms with Crippen LogP contribution in [-0.4, -0.2) is 24.0 Å². The topological polar surface area (TPSA) is 58.4 Å². The van der Waals surface area contributed by atoms with Crippen molar-refractivity contribution in [3.8, 4) is 0 Å². The highest BCUT2D eigenvalue weighted by Crippen LogP contribution is 2.32. The molecule has 1 saturated heterocycles. The summed E-state index contributed by atoms with van der Waals surface area (Å²) in [5, 5.41) is 0. The van der Waals surface area contributed by atoms with Gasteiger partial charge in [0.2, 0.25) is 0 Å². The highest BCUT2D eigenvalue weighted by molar-refractivity contribution is 5.74. The van der Waals surface area contributed by atoms with E-state index in [-0.39, 0.29) is 6.03 Å². The Morgan fingerprint density at radius 3 is 2.64 bits per heavy atom. The smallest absolute Gasteiger partial charge is 0.322 e. The average Bonchev–Trinajstić information content (AvgIpc) is 1.97. The summed E-state index contributed by atoms with van der Waals surface area (Å²) in [6.07, 6.45) is 1.11. The third-order valence-corrected chi connectivity index (χ3v) is 2.41. The van der Waals surface area contributed by atoms with Crippen LogP contribution in [0, 0.1) is 5.41 Å². The van der Waals surface area contributed by atoms with Crippen molar-refractivity contribution in [1.29, 1.82) is 0 Å². The number of urea groups is 1. The molecule has 2 amide bonds. The van der Waals surface area contributed by atoms with E-state index in [1.54, 1.807) is 4.90 Å². The molecule has 0 atom stereocenters. The monoisotopic (exact) mass is 157 g/mol. The molecule has 4 heteroatoms. The predicted octanol–water partition coefficient (Wildman–Crippen LogP) is 0.302. The van der Waals surface area contributed by atoms with E-state index >= 15 is 0 Å². The SMILES string of the molecule is CCC1(C)CN(C(=O)NN)C1. The molecule has 4 nitrogen and oxygen atoms in total. The minimum atomic E-state index is -0.170. The molecule has 1 aliphatic rings. The van der Waals surface area contributed by atoms with Gasteiger partial charge in [-0.1, -0.05) is 13.8 Å². The van der Waals surface area contributed by atoms with Crippen LogP contribution in [0.4, 0.5) is 4.79 Å². The van der Waals surface area contributed by atoms with Gasteiger partial charge < -0.3 is 4.90 Å². The van der Waals surface area contributed by atoms with Crippen LogP contribution < -0.4 is 11.3 Å². The number of likely N-dealkylation sites (tertiary alicyclic amines) is 1. The van der Waals surface area contributed by atoms with E-state index in [1.807, 2.05) is 0 Å². The Morgan fingerprint density at radius 2 is 2.27 bits per heavy atom. The maximum Gasteiger partial charge on any atom is 0.331 e. The molecule has 0 spiro atoms. The first-order chi connectivity index (χ1) is 5.11. The second-order valence-corrected chi connectivity index (χ2v) is 3.47. The number of carbonyl (C=O) groups excluding carboxylic acids is 1. The molecule has 11 heavy (non-hydrogen) atoms. The van der Waals surface area contributed by atoms with Gasteiger partial charge >= 0.3 is 6.03 Å². The highest BCUT2D eigenvalue weighted by atomic mass is 16.2. The lowest BCUT2D eigenvalue weighted by atomic mass is 9.80. The minimum absolute atomic E-state index is 0.170. The number of hydrogen-bond donors (Lipinski definition) is 2. The Bertz CT molecular complexity index is 163. The fourth-order valence-electron chi connectivity index (χ4n) is 1.33. The molecule has 1 heterocycles. The molecule has 0 aliphatic carbocycles. The number of nitrogens with two attached hydrogens (primary N) is 1. The lowest BCUT2D eigenvalue weighted by molar-refractivity contribution is 0.0437. The van der Waals surface area contributed by atoms with Crippen LogP contribution in [0.1, 0.15) is 20.3 Å². The van der Waals surface area contributed by atoms with Crippen molar-refractivity contribution >= 4 is 6.03 Å². The highest BCUT2D eigenvalue weighted by Gasteiger charge is 2.39. The molecule has 64 valence electrons. The van der Waals surface area contributed by atoms with Gasteiger partial charge in [-0.05, 0) is 6.42 Å². The van der Waals surface area contributed by atoms with Crippen molar-refractivity contribution < 1.29 is 4.79 Å². The summed E-state index contributed by atoms with van der Waals surface area (Å²) in [6, 6.07) is -0.170. The maximum absolute atomic E-state index is 10.9. The number of carbonyl (C=O) groups is 1. The molecule has 0 radical (unpaired) electrons. The molecule has 0 bridgehead atoms. The first-order valence-corrected chi connectivity index (χ1v) is 3.87. The zero-order chi connectivity index (χ0) is 8.48. The predicted molar refractivity (Wildman–Crippen MR) is 42.7 cm³/mol. The molecule has 0 aromatic rings. The number of hydrazine groups is 1. The van der Waals surface area contributed by atoms with E-state index in [4.69, 9.17) is 5.84 Å². The van der Waals surface area contributed by atoms with E-state index in [0.29, 0.717) is 5.41 Å². The summed E-state index contributed by atoms with van der Waals surface area (Å²) in [7, 11) is 0. The molecule has 0 aromatic carbocycles. The van der Waals surface area contributed by atoms with Gasteiger partial charge in [0.15, 0.2) is 0 Å². The lowest BCUT2D eigenvalue weighted by Crippen LogP contribution is -2.60. The summed E-state index contributed by atoms with van der Waals surface area (Å²) < 4.78 is 0. The third-order valence-electron chi connectivity index (χ3n) is 2.41. The summed E-state index contributed by atoms with van der Waals surface area (Å²) in [5.74, 6) is 4.97. The number of nitrogens with zero attached hydrogens (tertiary/aromatic N) is 1. The van der Waals surface area contributed by atoms with Crippen LogP contribution in [0.15, 0.2) is 0 Å². The standard InChI is InChI=1S/C7H15N3O/c1-3-7(2)4-10(5-7)6(11)9-8/h3-5,8H2,1-2H3,(H,9,11).